The van der Waals surface area contributed by atoms with Gasteiger partial charge in [0.2, 0.25) is 0 Å². The van der Waals surface area contributed by atoms with Crippen LogP contribution < -0.4 is 5.73 Å². The molecule has 1 heterocycles. The first-order chi connectivity index (χ1) is 7.85. The average molecular weight is 227 g/mol. The Balaban J connectivity index is 1.79. The van der Waals surface area contributed by atoms with Gasteiger partial charge >= 0.3 is 0 Å². The van der Waals surface area contributed by atoms with Gasteiger partial charge in [-0.15, -0.1) is 0 Å². The van der Waals surface area contributed by atoms with Gasteiger partial charge in [-0.2, -0.15) is 0 Å². The minimum absolute atomic E-state index is 0.287. The molecule has 0 radical (unpaired) electrons. The van der Waals surface area contributed by atoms with Gasteiger partial charge in [-0.1, -0.05) is 6.42 Å². The van der Waals surface area contributed by atoms with E-state index in [4.69, 9.17) is 10.8 Å². The number of piperazine rings is 1. The van der Waals surface area contributed by atoms with Gasteiger partial charge in [-0.3, -0.25) is 9.80 Å². The molecule has 1 aliphatic carbocycles. The van der Waals surface area contributed by atoms with Gasteiger partial charge in [0, 0.05) is 38.8 Å². The van der Waals surface area contributed by atoms with Crippen LogP contribution in [-0.4, -0.2) is 66.8 Å². The smallest absolute Gasteiger partial charge is 0.0558 e. The largest absolute Gasteiger partial charge is 0.395 e. The summed E-state index contributed by atoms with van der Waals surface area (Å²) < 4.78 is 0. The van der Waals surface area contributed by atoms with Gasteiger partial charge in [-0.25, -0.2) is 0 Å². The molecule has 2 unspecified atom stereocenters. The molecule has 0 amide bonds. The van der Waals surface area contributed by atoms with Crippen LogP contribution in [0.15, 0.2) is 0 Å². The van der Waals surface area contributed by atoms with Crippen molar-refractivity contribution in [1.29, 1.82) is 0 Å². The fourth-order valence-electron chi connectivity index (χ4n) is 3.23. The molecule has 4 nitrogen and oxygen atoms in total. The summed E-state index contributed by atoms with van der Waals surface area (Å²) >= 11 is 0. The van der Waals surface area contributed by atoms with E-state index in [1.54, 1.807) is 0 Å². The third-order valence-corrected chi connectivity index (χ3v) is 4.21. The van der Waals surface area contributed by atoms with E-state index in [9.17, 15) is 0 Å². The molecule has 0 bridgehead atoms. The lowest BCUT2D eigenvalue weighted by molar-refractivity contribution is 0.0712. The molecule has 0 spiro atoms. The predicted octanol–water partition coefficient (Wildman–Crippen LogP) is -0.276. The summed E-state index contributed by atoms with van der Waals surface area (Å²) in [4.78, 5) is 4.97. The Bertz CT molecular complexity index is 204. The summed E-state index contributed by atoms with van der Waals surface area (Å²) in [5.74, 6) is 0.726. The molecule has 2 aliphatic rings. The fraction of sp³-hybridized carbons (Fsp3) is 1.00. The SMILES string of the molecule is NCC1CCCC1N1CCN(CCO)CC1. The fourth-order valence-corrected chi connectivity index (χ4v) is 3.23. The predicted molar refractivity (Wildman–Crippen MR) is 65.3 cm³/mol. The second kappa shape index (κ2) is 5.96. The number of aliphatic hydroxyl groups is 1. The van der Waals surface area contributed by atoms with E-state index < -0.39 is 0 Å². The summed E-state index contributed by atoms with van der Waals surface area (Å²) in [6, 6.07) is 0.737. The number of hydrogen-bond donors (Lipinski definition) is 2. The zero-order chi connectivity index (χ0) is 11.4. The second-order valence-corrected chi connectivity index (χ2v) is 5.10. The van der Waals surface area contributed by atoms with Crippen molar-refractivity contribution in [2.45, 2.75) is 25.3 Å². The Kier molecular flexibility index (Phi) is 4.58. The highest BCUT2D eigenvalue weighted by Crippen LogP contribution is 2.29. The molecule has 2 fully saturated rings. The summed E-state index contributed by atoms with van der Waals surface area (Å²) in [6.07, 6.45) is 4.00. The van der Waals surface area contributed by atoms with E-state index in [0.717, 1.165) is 51.2 Å². The molecular formula is C12H25N3O. The summed E-state index contributed by atoms with van der Waals surface area (Å²) in [7, 11) is 0. The van der Waals surface area contributed by atoms with Crippen LogP contribution in [0.2, 0.25) is 0 Å². The quantitative estimate of drug-likeness (QED) is 0.694. The van der Waals surface area contributed by atoms with Crippen LogP contribution in [0.5, 0.6) is 0 Å². The Morgan fingerprint density at radius 3 is 2.50 bits per heavy atom. The zero-order valence-electron chi connectivity index (χ0n) is 10.1. The average Bonchev–Trinajstić information content (AvgIpc) is 2.78. The topological polar surface area (TPSA) is 52.7 Å². The third kappa shape index (κ3) is 2.74. The minimum atomic E-state index is 0.287. The van der Waals surface area contributed by atoms with Crippen molar-refractivity contribution in [2.75, 3.05) is 45.9 Å². The van der Waals surface area contributed by atoms with Crippen molar-refractivity contribution in [3.63, 3.8) is 0 Å². The standard InChI is InChI=1S/C12H25N3O/c13-10-11-2-1-3-12(11)15-6-4-14(5-7-15)8-9-16/h11-12,16H,1-10,13H2. The highest BCUT2D eigenvalue weighted by Gasteiger charge is 2.32. The van der Waals surface area contributed by atoms with E-state index in [0.29, 0.717) is 0 Å². The maximum atomic E-state index is 8.90. The van der Waals surface area contributed by atoms with Crippen LogP contribution >= 0.6 is 0 Å². The van der Waals surface area contributed by atoms with Crippen molar-refractivity contribution < 1.29 is 5.11 Å². The molecule has 0 aromatic carbocycles. The number of nitrogens with two attached hydrogens (primary N) is 1. The molecule has 0 aromatic heterocycles. The number of rotatable bonds is 4. The van der Waals surface area contributed by atoms with Crippen LogP contribution in [0, 0.1) is 5.92 Å². The molecule has 1 saturated carbocycles. The van der Waals surface area contributed by atoms with Gasteiger partial charge in [0.25, 0.3) is 0 Å². The lowest BCUT2D eigenvalue weighted by atomic mass is 10.0. The monoisotopic (exact) mass is 227 g/mol. The highest BCUT2D eigenvalue weighted by molar-refractivity contribution is 4.88. The third-order valence-electron chi connectivity index (χ3n) is 4.21. The van der Waals surface area contributed by atoms with Crippen molar-refractivity contribution in [1.82, 2.24) is 9.80 Å². The van der Waals surface area contributed by atoms with Gasteiger partial charge < -0.3 is 10.8 Å². The van der Waals surface area contributed by atoms with Gasteiger partial charge in [0.15, 0.2) is 0 Å². The molecule has 4 heteroatoms. The molecular weight excluding hydrogens is 202 g/mol. The number of nitrogens with zero attached hydrogens (tertiary/aromatic N) is 2. The molecule has 16 heavy (non-hydrogen) atoms. The van der Waals surface area contributed by atoms with Gasteiger partial charge in [0.1, 0.15) is 0 Å². The number of hydrogen-bond acceptors (Lipinski definition) is 4. The van der Waals surface area contributed by atoms with E-state index in [1.807, 2.05) is 0 Å². The summed E-state index contributed by atoms with van der Waals surface area (Å²) in [5, 5.41) is 8.90. The Morgan fingerprint density at radius 2 is 1.88 bits per heavy atom. The Labute approximate surface area is 98.4 Å². The second-order valence-electron chi connectivity index (χ2n) is 5.10. The van der Waals surface area contributed by atoms with Crippen molar-refractivity contribution in [2.24, 2.45) is 11.7 Å². The lowest BCUT2D eigenvalue weighted by Crippen LogP contribution is -2.52. The van der Waals surface area contributed by atoms with E-state index >= 15 is 0 Å². The molecule has 2 atom stereocenters. The van der Waals surface area contributed by atoms with E-state index in [2.05, 4.69) is 9.80 Å². The molecule has 1 aliphatic heterocycles. The summed E-state index contributed by atoms with van der Waals surface area (Å²) in [6.45, 7) is 6.49. The van der Waals surface area contributed by atoms with Gasteiger partial charge in [0.05, 0.1) is 6.61 Å². The molecule has 0 aromatic rings. The lowest BCUT2D eigenvalue weighted by Gasteiger charge is -2.39. The maximum absolute atomic E-state index is 8.90. The Morgan fingerprint density at radius 1 is 1.12 bits per heavy atom. The van der Waals surface area contributed by atoms with E-state index in [-0.39, 0.29) is 6.61 Å². The molecule has 2 rings (SSSR count). The minimum Gasteiger partial charge on any atom is -0.395 e. The van der Waals surface area contributed by atoms with Crippen molar-refractivity contribution >= 4 is 0 Å². The number of aliphatic hydroxyl groups excluding tert-OH is 1. The van der Waals surface area contributed by atoms with E-state index in [1.165, 1.54) is 19.3 Å². The highest BCUT2D eigenvalue weighted by atomic mass is 16.3. The molecule has 94 valence electrons. The normalized spacial score (nSPS) is 33.4. The first-order valence-corrected chi connectivity index (χ1v) is 6.62. The first kappa shape index (κ1) is 12.3. The van der Waals surface area contributed by atoms with Crippen LogP contribution in [0.4, 0.5) is 0 Å². The molecule has 1 saturated heterocycles. The van der Waals surface area contributed by atoms with Crippen LogP contribution in [0.25, 0.3) is 0 Å². The van der Waals surface area contributed by atoms with Crippen LogP contribution in [0.3, 0.4) is 0 Å². The van der Waals surface area contributed by atoms with Crippen LogP contribution in [0.1, 0.15) is 19.3 Å². The van der Waals surface area contributed by atoms with Crippen LogP contribution in [-0.2, 0) is 0 Å². The maximum Gasteiger partial charge on any atom is 0.0558 e. The Hall–Kier alpha value is -0.160. The van der Waals surface area contributed by atoms with Gasteiger partial charge in [-0.05, 0) is 25.3 Å². The summed E-state index contributed by atoms with van der Waals surface area (Å²) in [5.41, 5.74) is 5.84. The van der Waals surface area contributed by atoms with Crippen molar-refractivity contribution in [3.05, 3.63) is 0 Å². The molecule has 3 N–H and O–H groups in total. The zero-order valence-corrected chi connectivity index (χ0v) is 10.1. The van der Waals surface area contributed by atoms with Crippen molar-refractivity contribution in [3.8, 4) is 0 Å². The number of β-amino-alcohol motifs (C(OH)–C–C–N with tert-alkyl or cyclic N) is 1. The first-order valence-electron chi connectivity index (χ1n) is 6.62.